The number of nitrogens with zero attached hydrogens (tertiary/aromatic N) is 4. The van der Waals surface area contributed by atoms with Crippen molar-refractivity contribution in [1.29, 1.82) is 0 Å². The van der Waals surface area contributed by atoms with Gasteiger partial charge in [-0.15, -0.1) is 45.3 Å². The minimum absolute atomic E-state index is 0.0345. The number of thiophene rings is 4. The summed E-state index contributed by atoms with van der Waals surface area (Å²) in [5.74, 6) is -2.34. The summed E-state index contributed by atoms with van der Waals surface area (Å²) in [5.41, 5.74) is -0.259. The van der Waals surface area contributed by atoms with Crippen LogP contribution in [0.1, 0.15) is 35.4 Å². The van der Waals surface area contributed by atoms with E-state index in [0.717, 1.165) is 51.1 Å². The Hall–Kier alpha value is -4.14. The number of thioether (sulfide) groups is 2. The molecule has 0 N–H and O–H groups in total. The molecule has 6 heterocycles. The maximum Gasteiger partial charge on any atom is 0.334 e. The number of aliphatic imine (C=N–C) groups is 2. The summed E-state index contributed by atoms with van der Waals surface area (Å²) in [7, 11) is 0. The third kappa shape index (κ3) is 6.41. The van der Waals surface area contributed by atoms with Gasteiger partial charge in [0.1, 0.15) is 26.9 Å². The molecule has 286 valence electrons. The Bertz CT molecular complexity index is 2760. The molecule has 2 aromatic carbocycles. The summed E-state index contributed by atoms with van der Waals surface area (Å²) < 4.78 is 18.5. The molecule has 6 aromatic rings. The van der Waals surface area contributed by atoms with Crippen molar-refractivity contribution in [3.05, 3.63) is 94.0 Å². The molecular formula is C39H26N4O6S8. The average molecular weight is 903 g/mol. The first-order chi connectivity index (χ1) is 27.6. The Morgan fingerprint density at radius 2 is 1.21 bits per heavy atom. The average Bonchev–Trinajstić information content (AvgIpc) is 4.06. The maximum atomic E-state index is 15.0. The molecule has 10 nitrogen and oxygen atoms in total. The summed E-state index contributed by atoms with van der Waals surface area (Å²) >= 11 is 19.1. The van der Waals surface area contributed by atoms with E-state index >= 15 is 0 Å². The van der Waals surface area contributed by atoms with Gasteiger partial charge in [0.15, 0.2) is 10.1 Å². The van der Waals surface area contributed by atoms with E-state index in [-0.39, 0.29) is 29.9 Å². The van der Waals surface area contributed by atoms with E-state index < -0.39 is 23.3 Å². The first-order valence-corrected chi connectivity index (χ1v) is 23.1. The topological polar surface area (TPSA) is 118 Å². The molecule has 0 bridgehead atoms. The fourth-order valence-electron chi connectivity index (χ4n) is 6.68. The Morgan fingerprint density at radius 1 is 0.684 bits per heavy atom. The highest BCUT2D eigenvalue weighted by molar-refractivity contribution is 8.35. The molecule has 2 saturated heterocycles. The highest BCUT2D eigenvalue weighted by atomic mass is 32.2. The van der Waals surface area contributed by atoms with Gasteiger partial charge in [-0.05, 0) is 60.6 Å². The lowest BCUT2D eigenvalue weighted by Gasteiger charge is -2.27. The van der Waals surface area contributed by atoms with E-state index in [1.165, 1.54) is 55.6 Å². The number of thiocarbonyl (C=S) groups is 2. The second-order valence-corrected chi connectivity index (χ2v) is 20.1. The van der Waals surface area contributed by atoms with Crippen molar-refractivity contribution in [2.45, 2.75) is 32.5 Å². The summed E-state index contributed by atoms with van der Waals surface area (Å²) in [4.78, 5) is 69.5. The van der Waals surface area contributed by atoms with Crippen LogP contribution in [-0.4, -0.2) is 65.4 Å². The Morgan fingerprint density at radius 3 is 1.75 bits per heavy atom. The maximum absolute atomic E-state index is 15.0. The van der Waals surface area contributed by atoms with E-state index in [1.54, 1.807) is 17.4 Å². The number of ether oxygens (including phenoxy) is 2. The van der Waals surface area contributed by atoms with Crippen LogP contribution in [0.3, 0.4) is 0 Å². The zero-order valence-electron chi connectivity index (χ0n) is 29.8. The fourth-order valence-corrected chi connectivity index (χ4v) is 15.1. The molecule has 2 aliphatic heterocycles. The molecule has 18 heteroatoms. The number of hydrogen-bond donors (Lipinski definition) is 0. The van der Waals surface area contributed by atoms with Gasteiger partial charge in [0, 0.05) is 28.2 Å². The molecule has 0 spiro atoms. The quantitative estimate of drug-likeness (QED) is 0.0748. The lowest BCUT2D eigenvalue weighted by molar-refractivity contribution is -0.164. The molecular weight excluding hydrogens is 877 g/mol. The fraction of sp³-hybridized carbons (Fsp3) is 0.179. The number of carbonyl (C=O) groups is 4. The highest BCUT2D eigenvalue weighted by Gasteiger charge is 2.60. The van der Waals surface area contributed by atoms with Gasteiger partial charge in [0.2, 0.25) is 5.41 Å². The largest absolute Gasteiger partial charge is 0.459 e. The van der Waals surface area contributed by atoms with E-state index in [1.807, 2.05) is 80.6 Å². The van der Waals surface area contributed by atoms with E-state index in [4.69, 9.17) is 43.9 Å². The number of carbonyl (C=O) groups excluding carboxylic acids is 4. The van der Waals surface area contributed by atoms with Crippen LogP contribution in [0.5, 0.6) is 0 Å². The van der Waals surface area contributed by atoms with E-state index in [0.29, 0.717) is 42.2 Å². The monoisotopic (exact) mass is 902 g/mol. The second-order valence-electron chi connectivity index (χ2n) is 12.7. The molecule has 3 aliphatic rings. The Kier molecular flexibility index (Phi) is 10.3. The van der Waals surface area contributed by atoms with Gasteiger partial charge < -0.3 is 9.47 Å². The zero-order chi connectivity index (χ0) is 39.6. The van der Waals surface area contributed by atoms with Gasteiger partial charge in [0.05, 0.1) is 29.2 Å². The minimum atomic E-state index is -2.17. The molecule has 2 amide bonds. The van der Waals surface area contributed by atoms with Crippen molar-refractivity contribution in [2.24, 2.45) is 9.98 Å². The van der Waals surface area contributed by atoms with Crippen LogP contribution in [-0.2, 0) is 47.3 Å². The van der Waals surface area contributed by atoms with Crippen molar-refractivity contribution in [1.82, 2.24) is 9.80 Å². The van der Waals surface area contributed by atoms with Crippen LogP contribution in [0, 0.1) is 0 Å². The van der Waals surface area contributed by atoms with Gasteiger partial charge in [-0.2, -0.15) is 0 Å². The van der Waals surface area contributed by atoms with Gasteiger partial charge in [-0.1, -0.05) is 85.1 Å². The predicted molar refractivity (Wildman–Crippen MR) is 242 cm³/mol. The lowest BCUT2D eigenvalue weighted by Crippen LogP contribution is -2.46. The van der Waals surface area contributed by atoms with Gasteiger partial charge in [-0.25, -0.2) is 9.98 Å². The molecule has 1 aliphatic carbocycles. The van der Waals surface area contributed by atoms with Crippen LogP contribution in [0.2, 0.25) is 0 Å². The highest BCUT2D eigenvalue weighted by Crippen LogP contribution is 2.58. The van der Waals surface area contributed by atoms with Crippen LogP contribution in [0.15, 0.2) is 82.4 Å². The molecule has 0 radical (unpaired) electrons. The predicted octanol–water partition coefficient (Wildman–Crippen LogP) is 9.66. The number of hydrogen-bond acceptors (Lipinski definition) is 16. The van der Waals surface area contributed by atoms with Gasteiger partial charge in [0.25, 0.3) is 11.8 Å². The molecule has 0 saturated carbocycles. The van der Waals surface area contributed by atoms with E-state index in [9.17, 15) is 19.2 Å². The summed E-state index contributed by atoms with van der Waals surface area (Å²) in [6.07, 6.45) is 1.70. The first-order valence-electron chi connectivity index (χ1n) is 17.4. The lowest BCUT2D eigenvalue weighted by atomic mass is 9.81. The molecule has 4 aromatic heterocycles. The van der Waals surface area contributed by atoms with Gasteiger partial charge in [-0.3, -0.25) is 29.0 Å². The first kappa shape index (κ1) is 38.4. The van der Waals surface area contributed by atoms with Crippen LogP contribution in [0.25, 0.3) is 34.3 Å². The molecule has 9 rings (SSSR count). The van der Waals surface area contributed by atoms with Crippen LogP contribution in [0.4, 0.5) is 5.00 Å². The van der Waals surface area contributed by atoms with Crippen molar-refractivity contribution in [3.8, 4) is 0 Å². The SMILES string of the molecule is CCN1C(=O)/C(=N/C2=Cc3sc4c(sc5c6sc(/N=C7\SC(=S)N(CC)C7=O)cc6sc45)c3C2(C(=O)OCc2ccccc2)C(=O)OCc2ccccc2)SC1=S. The smallest absolute Gasteiger partial charge is 0.334 e. The van der Waals surface area contributed by atoms with Gasteiger partial charge >= 0.3 is 11.9 Å². The Balaban J connectivity index is 1.20. The van der Waals surface area contributed by atoms with E-state index in [2.05, 4.69) is 0 Å². The standard InChI is InChI=1S/C39H26N4O6S8/c1-3-42-33(44)31(56-37(42)50)40-23-15-21-25(39(23,35(46)48-17-19-11-7-5-8-12-19)36(47)49-18-20-13-9-6-10-14-20)27-29(52-21)30-28(55-27)26-22(53-30)16-24(54-26)41-32-34(45)43(4-2)38(51)57-32/h5-16H,3-4,17-18H2,1-2H3/b40-31-,41-32-. The molecule has 2 fully saturated rings. The van der Waals surface area contributed by atoms with Crippen molar-refractivity contribution in [2.75, 3.05) is 13.1 Å². The number of rotatable bonds is 10. The van der Waals surface area contributed by atoms with Crippen molar-refractivity contribution < 1.29 is 28.7 Å². The molecule has 57 heavy (non-hydrogen) atoms. The normalized spacial score (nSPS) is 18.0. The third-order valence-electron chi connectivity index (χ3n) is 9.41. The minimum Gasteiger partial charge on any atom is -0.459 e. The van der Waals surface area contributed by atoms with Crippen LogP contribution >= 0.6 is 93.3 Å². The zero-order valence-corrected chi connectivity index (χ0v) is 36.3. The Labute approximate surface area is 360 Å². The summed E-state index contributed by atoms with van der Waals surface area (Å²) in [6, 6.07) is 20.4. The molecule has 0 unspecified atom stereocenters. The number of fused-ring (bicyclic) bond motifs is 7. The van der Waals surface area contributed by atoms with Crippen molar-refractivity contribution in [3.63, 3.8) is 0 Å². The number of amides is 2. The van der Waals surface area contributed by atoms with Crippen LogP contribution < -0.4 is 0 Å². The number of esters is 2. The third-order valence-corrected chi connectivity index (χ3v) is 17.3. The number of benzene rings is 2. The summed E-state index contributed by atoms with van der Waals surface area (Å²) in [6.45, 7) is 4.29. The van der Waals surface area contributed by atoms with Crippen molar-refractivity contribution >= 4 is 175 Å². The summed E-state index contributed by atoms with van der Waals surface area (Å²) in [5, 5.41) is 1.07. The molecule has 0 atom stereocenters. The second kappa shape index (κ2) is 15.2.